The van der Waals surface area contributed by atoms with Gasteiger partial charge in [-0.05, 0) is 110 Å². The molecule has 0 aliphatic carbocycles. The average molecular weight is 685 g/mol. The monoisotopic (exact) mass is 682 g/mol. The van der Waals surface area contributed by atoms with Crippen LogP contribution < -0.4 is 10.1 Å². The quantitative estimate of drug-likeness (QED) is 0.255. The van der Waals surface area contributed by atoms with Crippen LogP contribution >= 0.6 is 66.8 Å². The van der Waals surface area contributed by atoms with Gasteiger partial charge in [0.05, 0.1) is 30.4 Å². The fourth-order valence-electron chi connectivity index (χ4n) is 3.47. The van der Waals surface area contributed by atoms with Gasteiger partial charge in [-0.2, -0.15) is 0 Å². The van der Waals surface area contributed by atoms with Crippen molar-refractivity contribution in [2.24, 2.45) is 0 Å². The Balaban J connectivity index is 1.43. The Labute approximate surface area is 244 Å². The maximum Gasteiger partial charge on any atom is 0.293 e. The maximum atomic E-state index is 12.9. The number of hydrogen-bond donors (Lipinski definition) is 1. The number of nitrogens with zero attached hydrogens (tertiary/aromatic N) is 1. The molecule has 1 saturated heterocycles. The molecule has 1 aliphatic rings. The van der Waals surface area contributed by atoms with Crippen LogP contribution in [0.25, 0.3) is 6.08 Å². The van der Waals surface area contributed by atoms with Gasteiger partial charge in [0, 0.05) is 5.69 Å². The average Bonchev–Trinajstić information content (AvgIpc) is 3.08. The SMILES string of the molecule is Cc1cccc(NC(=O)COc2c(Br)cc(/C=C3\SC(=O)N(Cc4ccc(Cl)c(Cl)c4)C3=O)cc2Br)c1. The van der Waals surface area contributed by atoms with E-state index in [-0.39, 0.29) is 29.2 Å². The number of anilines is 1. The molecule has 0 bridgehead atoms. The molecular weight excluding hydrogens is 667 g/mol. The Hall–Kier alpha value is -2.30. The van der Waals surface area contributed by atoms with E-state index in [1.54, 1.807) is 42.5 Å². The van der Waals surface area contributed by atoms with Gasteiger partial charge in [0.15, 0.2) is 6.61 Å². The molecule has 1 N–H and O–H groups in total. The lowest BCUT2D eigenvalue weighted by molar-refractivity contribution is -0.123. The maximum absolute atomic E-state index is 12.9. The first-order valence-electron chi connectivity index (χ1n) is 10.8. The first kappa shape index (κ1) is 27.7. The van der Waals surface area contributed by atoms with E-state index in [2.05, 4.69) is 37.2 Å². The molecule has 0 saturated carbocycles. The van der Waals surface area contributed by atoms with Gasteiger partial charge < -0.3 is 10.1 Å². The molecule has 190 valence electrons. The van der Waals surface area contributed by atoms with Gasteiger partial charge in [0.25, 0.3) is 17.1 Å². The smallest absolute Gasteiger partial charge is 0.293 e. The minimum absolute atomic E-state index is 0.0870. The van der Waals surface area contributed by atoms with Gasteiger partial charge in [0.2, 0.25) is 0 Å². The fraction of sp³-hybridized carbons (Fsp3) is 0.115. The van der Waals surface area contributed by atoms with Gasteiger partial charge >= 0.3 is 0 Å². The van der Waals surface area contributed by atoms with E-state index < -0.39 is 5.91 Å². The van der Waals surface area contributed by atoms with Gasteiger partial charge in [-0.1, -0.05) is 41.4 Å². The van der Waals surface area contributed by atoms with E-state index in [1.165, 1.54) is 0 Å². The number of amides is 3. The first-order valence-corrected chi connectivity index (χ1v) is 13.9. The molecule has 1 fully saturated rings. The van der Waals surface area contributed by atoms with Crippen molar-refractivity contribution in [2.45, 2.75) is 13.5 Å². The molecule has 11 heteroatoms. The number of thioether (sulfide) groups is 1. The molecule has 0 spiro atoms. The van der Waals surface area contributed by atoms with E-state index in [1.807, 2.05) is 25.1 Å². The van der Waals surface area contributed by atoms with Crippen molar-refractivity contribution in [3.8, 4) is 5.75 Å². The highest BCUT2D eigenvalue weighted by Crippen LogP contribution is 2.38. The van der Waals surface area contributed by atoms with Crippen LogP contribution in [0.3, 0.4) is 0 Å². The van der Waals surface area contributed by atoms with Crippen LogP contribution in [-0.4, -0.2) is 28.6 Å². The van der Waals surface area contributed by atoms with Crippen molar-refractivity contribution in [1.29, 1.82) is 0 Å². The number of carbonyl (C=O) groups is 3. The summed E-state index contributed by atoms with van der Waals surface area (Å²) in [5.41, 5.74) is 3.08. The number of benzene rings is 3. The van der Waals surface area contributed by atoms with E-state index >= 15 is 0 Å². The largest absolute Gasteiger partial charge is 0.481 e. The van der Waals surface area contributed by atoms with Crippen molar-refractivity contribution < 1.29 is 19.1 Å². The first-order chi connectivity index (χ1) is 17.6. The molecule has 0 aromatic heterocycles. The Bertz CT molecular complexity index is 1420. The number of nitrogens with one attached hydrogen (secondary N) is 1. The third-order valence-corrected chi connectivity index (χ3v) is 7.99. The highest BCUT2D eigenvalue weighted by Gasteiger charge is 2.35. The molecule has 37 heavy (non-hydrogen) atoms. The molecule has 3 aromatic carbocycles. The summed E-state index contributed by atoms with van der Waals surface area (Å²) in [6.45, 7) is 1.83. The Morgan fingerprint density at radius 3 is 2.46 bits per heavy atom. The van der Waals surface area contributed by atoms with E-state index in [4.69, 9.17) is 27.9 Å². The lowest BCUT2D eigenvalue weighted by Crippen LogP contribution is -2.27. The van der Waals surface area contributed by atoms with Crippen molar-refractivity contribution in [3.63, 3.8) is 0 Å². The second-order valence-electron chi connectivity index (χ2n) is 8.04. The number of hydrogen-bond acceptors (Lipinski definition) is 5. The molecule has 3 amide bonds. The molecule has 3 aromatic rings. The van der Waals surface area contributed by atoms with Crippen LogP contribution in [0.5, 0.6) is 5.75 Å². The topological polar surface area (TPSA) is 75.7 Å². The second-order valence-corrected chi connectivity index (χ2v) is 11.6. The van der Waals surface area contributed by atoms with Crippen LogP contribution in [0.15, 0.2) is 68.4 Å². The highest BCUT2D eigenvalue weighted by atomic mass is 79.9. The van der Waals surface area contributed by atoms with E-state index in [9.17, 15) is 14.4 Å². The Morgan fingerprint density at radius 2 is 1.78 bits per heavy atom. The number of rotatable bonds is 7. The molecular formula is C26H18Br2Cl2N2O4S. The molecule has 6 nitrogen and oxygen atoms in total. The predicted molar refractivity (Wildman–Crippen MR) is 155 cm³/mol. The number of ether oxygens (including phenoxy) is 1. The molecule has 0 atom stereocenters. The van der Waals surface area contributed by atoms with Crippen LogP contribution in [0, 0.1) is 6.92 Å². The summed E-state index contributed by atoms with van der Waals surface area (Å²) >= 11 is 19.8. The predicted octanol–water partition coefficient (Wildman–Crippen LogP) is 8.08. The van der Waals surface area contributed by atoms with Gasteiger partial charge in [-0.25, -0.2) is 0 Å². The lowest BCUT2D eigenvalue weighted by Gasteiger charge is -2.13. The number of imide groups is 1. The third-order valence-electron chi connectivity index (χ3n) is 5.17. The highest BCUT2D eigenvalue weighted by molar-refractivity contribution is 9.11. The Kier molecular flexibility index (Phi) is 9.03. The summed E-state index contributed by atoms with van der Waals surface area (Å²) < 4.78 is 6.87. The standard InChI is InChI=1S/C26H18Br2Cl2N2O4S/c1-14-3-2-4-17(7-14)31-23(33)13-36-24-18(27)8-16(9-19(24)28)11-22-25(34)32(26(35)37-22)12-15-5-6-20(29)21(30)10-15/h2-11H,12-13H2,1H3,(H,31,33)/b22-11-. The zero-order chi connectivity index (χ0) is 26.7. The zero-order valence-electron chi connectivity index (χ0n) is 19.2. The summed E-state index contributed by atoms with van der Waals surface area (Å²) in [7, 11) is 0. The molecule has 4 rings (SSSR count). The van der Waals surface area contributed by atoms with Gasteiger partial charge in [0.1, 0.15) is 5.75 Å². The summed E-state index contributed by atoms with van der Waals surface area (Å²) in [4.78, 5) is 39.2. The normalized spacial score (nSPS) is 14.4. The molecule has 1 heterocycles. The van der Waals surface area contributed by atoms with Crippen molar-refractivity contribution >= 4 is 95.6 Å². The van der Waals surface area contributed by atoms with Crippen molar-refractivity contribution in [3.05, 3.63) is 95.2 Å². The molecule has 0 unspecified atom stereocenters. The fourth-order valence-corrected chi connectivity index (χ4v) is 6.08. The third kappa shape index (κ3) is 6.97. The minimum atomic E-state index is -0.401. The summed E-state index contributed by atoms with van der Waals surface area (Å²) in [5.74, 6) is -0.269. The van der Waals surface area contributed by atoms with E-state index in [0.29, 0.717) is 41.6 Å². The van der Waals surface area contributed by atoms with Gasteiger partial charge in [-0.15, -0.1) is 0 Å². The van der Waals surface area contributed by atoms with Crippen LogP contribution in [-0.2, 0) is 16.1 Å². The van der Waals surface area contributed by atoms with E-state index in [0.717, 1.165) is 22.2 Å². The van der Waals surface area contributed by atoms with Gasteiger partial charge in [-0.3, -0.25) is 19.3 Å². The summed E-state index contributed by atoms with van der Waals surface area (Å²) in [5, 5.41) is 3.17. The number of carbonyl (C=O) groups excluding carboxylic acids is 3. The summed E-state index contributed by atoms with van der Waals surface area (Å²) in [6, 6.07) is 15.9. The second kappa shape index (κ2) is 12.0. The number of halogens is 4. The number of aryl methyl sites for hydroxylation is 1. The van der Waals surface area contributed by atoms with Crippen LogP contribution in [0.1, 0.15) is 16.7 Å². The van der Waals surface area contributed by atoms with Crippen molar-refractivity contribution in [1.82, 2.24) is 4.90 Å². The zero-order valence-corrected chi connectivity index (χ0v) is 24.7. The van der Waals surface area contributed by atoms with Crippen LogP contribution in [0.4, 0.5) is 10.5 Å². The molecule has 0 radical (unpaired) electrons. The lowest BCUT2D eigenvalue weighted by atomic mass is 10.2. The molecule has 1 aliphatic heterocycles. The Morgan fingerprint density at radius 1 is 1.05 bits per heavy atom. The minimum Gasteiger partial charge on any atom is -0.481 e. The summed E-state index contributed by atoms with van der Waals surface area (Å²) in [6.07, 6.45) is 1.63. The van der Waals surface area contributed by atoms with Crippen molar-refractivity contribution in [2.75, 3.05) is 11.9 Å². The van der Waals surface area contributed by atoms with Crippen LogP contribution in [0.2, 0.25) is 10.0 Å².